The lowest BCUT2D eigenvalue weighted by atomic mass is 10.2. The molecule has 0 radical (unpaired) electrons. The fourth-order valence-corrected chi connectivity index (χ4v) is 2.41. The van der Waals surface area contributed by atoms with E-state index < -0.39 is 0 Å². The normalized spacial score (nSPS) is 15.7. The number of aromatic nitrogens is 2. The molecule has 0 aliphatic heterocycles. The smallest absolute Gasteiger partial charge is 0.277 e. The van der Waals surface area contributed by atoms with Crippen molar-refractivity contribution in [2.45, 2.75) is 36.3 Å². The molecule has 1 heterocycles. The van der Waals surface area contributed by atoms with Crippen LogP contribution in [0.3, 0.4) is 0 Å². The van der Waals surface area contributed by atoms with Crippen molar-refractivity contribution < 1.29 is 13.6 Å². The number of halogens is 1. The highest BCUT2D eigenvalue weighted by Gasteiger charge is 2.27. The Kier molecular flexibility index (Phi) is 3.92. The Bertz CT molecular complexity index is 640. The van der Waals surface area contributed by atoms with Gasteiger partial charge in [0.05, 0.1) is 5.25 Å². The minimum Gasteiger partial charge on any atom is -0.411 e. The first kappa shape index (κ1) is 14.1. The summed E-state index contributed by atoms with van der Waals surface area (Å²) in [6.07, 6.45) is 2.11. The second-order valence-electron chi connectivity index (χ2n) is 4.92. The number of hydrogen-bond donors (Lipinski definition) is 1. The van der Waals surface area contributed by atoms with Crippen LogP contribution in [0, 0.1) is 5.82 Å². The highest BCUT2D eigenvalue weighted by atomic mass is 32.2. The first-order valence-electron chi connectivity index (χ1n) is 6.68. The monoisotopic (exact) mass is 307 g/mol. The van der Waals surface area contributed by atoms with E-state index in [4.69, 9.17) is 4.42 Å². The maximum atomic E-state index is 12.9. The third-order valence-corrected chi connectivity index (χ3v) is 4.00. The maximum absolute atomic E-state index is 12.9. The highest BCUT2D eigenvalue weighted by molar-refractivity contribution is 8.00. The van der Waals surface area contributed by atoms with Gasteiger partial charge in [-0.15, -0.1) is 10.2 Å². The molecule has 1 aliphatic rings. The molecule has 0 unspecified atom stereocenters. The summed E-state index contributed by atoms with van der Waals surface area (Å²) in [5.74, 6) is -0.0328. The maximum Gasteiger partial charge on any atom is 0.277 e. The number of carbonyl (C=O) groups is 1. The van der Waals surface area contributed by atoms with Gasteiger partial charge >= 0.3 is 0 Å². The summed E-state index contributed by atoms with van der Waals surface area (Å²) in [6.45, 7) is 1.80. The van der Waals surface area contributed by atoms with Crippen LogP contribution in [0.4, 0.5) is 4.39 Å². The summed E-state index contributed by atoms with van der Waals surface area (Å²) in [6, 6.07) is 6.13. The first-order chi connectivity index (χ1) is 10.1. The third-order valence-electron chi connectivity index (χ3n) is 3.07. The van der Waals surface area contributed by atoms with Crippen LogP contribution >= 0.6 is 11.8 Å². The summed E-state index contributed by atoms with van der Waals surface area (Å²) in [5.41, 5.74) is 0.644. The number of amides is 1. The predicted molar refractivity (Wildman–Crippen MR) is 76.2 cm³/mol. The van der Waals surface area contributed by atoms with Gasteiger partial charge in [-0.05, 0) is 44.0 Å². The molecule has 0 saturated heterocycles. The average Bonchev–Trinajstić information content (AvgIpc) is 3.16. The number of rotatable bonds is 5. The molecule has 1 fully saturated rings. The van der Waals surface area contributed by atoms with Gasteiger partial charge in [0.25, 0.3) is 5.22 Å². The zero-order valence-electron chi connectivity index (χ0n) is 11.4. The zero-order valence-corrected chi connectivity index (χ0v) is 12.2. The van der Waals surface area contributed by atoms with Crippen LogP contribution in [-0.4, -0.2) is 27.4 Å². The molecular weight excluding hydrogens is 293 g/mol. The van der Waals surface area contributed by atoms with E-state index in [1.54, 1.807) is 19.1 Å². The Labute approximate surface area is 125 Å². The number of carbonyl (C=O) groups excluding carboxylic acids is 1. The number of nitrogens with one attached hydrogen (secondary N) is 1. The van der Waals surface area contributed by atoms with Gasteiger partial charge in [0.1, 0.15) is 5.82 Å². The van der Waals surface area contributed by atoms with Gasteiger partial charge in [-0.1, -0.05) is 11.8 Å². The van der Waals surface area contributed by atoms with Crippen molar-refractivity contribution in [1.29, 1.82) is 0 Å². The van der Waals surface area contributed by atoms with E-state index in [9.17, 15) is 9.18 Å². The van der Waals surface area contributed by atoms with Crippen molar-refractivity contribution in [2.24, 2.45) is 0 Å². The molecule has 1 aliphatic carbocycles. The first-order valence-corrected chi connectivity index (χ1v) is 7.56. The molecule has 1 aromatic carbocycles. The van der Waals surface area contributed by atoms with E-state index in [2.05, 4.69) is 15.5 Å². The summed E-state index contributed by atoms with van der Waals surface area (Å²) >= 11 is 1.21. The lowest BCUT2D eigenvalue weighted by Gasteiger charge is -2.08. The van der Waals surface area contributed by atoms with E-state index in [1.807, 2.05) is 0 Å². The van der Waals surface area contributed by atoms with Crippen molar-refractivity contribution in [1.82, 2.24) is 15.5 Å². The van der Waals surface area contributed by atoms with Crippen molar-refractivity contribution in [3.8, 4) is 11.5 Å². The van der Waals surface area contributed by atoms with Crippen molar-refractivity contribution in [2.75, 3.05) is 0 Å². The fraction of sp³-hybridized carbons (Fsp3) is 0.357. The predicted octanol–water partition coefficient (Wildman–Crippen LogP) is 2.63. The Morgan fingerprint density at radius 1 is 1.38 bits per heavy atom. The molecule has 3 rings (SSSR count). The van der Waals surface area contributed by atoms with E-state index >= 15 is 0 Å². The fourth-order valence-electron chi connectivity index (χ4n) is 1.72. The van der Waals surface area contributed by atoms with Crippen LogP contribution in [0.25, 0.3) is 11.5 Å². The molecule has 21 heavy (non-hydrogen) atoms. The Morgan fingerprint density at radius 3 is 2.76 bits per heavy atom. The van der Waals surface area contributed by atoms with Crippen molar-refractivity contribution in [3.05, 3.63) is 30.1 Å². The third kappa shape index (κ3) is 3.60. The second kappa shape index (κ2) is 5.85. The molecule has 1 aromatic heterocycles. The number of thioether (sulfide) groups is 1. The lowest BCUT2D eigenvalue weighted by molar-refractivity contribution is -0.120. The molecule has 110 valence electrons. The minimum atomic E-state index is -0.321. The Balaban J connectivity index is 1.64. The van der Waals surface area contributed by atoms with Crippen LogP contribution in [0.15, 0.2) is 33.9 Å². The molecule has 1 saturated carbocycles. The zero-order chi connectivity index (χ0) is 14.8. The van der Waals surface area contributed by atoms with Gasteiger partial charge in [0, 0.05) is 11.6 Å². The second-order valence-corrected chi connectivity index (χ2v) is 6.22. The van der Waals surface area contributed by atoms with Gasteiger partial charge in [-0.25, -0.2) is 4.39 Å². The molecule has 1 N–H and O–H groups in total. The molecule has 0 spiro atoms. The number of nitrogens with zero attached hydrogens (tertiary/aromatic N) is 2. The molecule has 2 aromatic rings. The minimum absolute atomic E-state index is 0.0240. The molecule has 7 heteroatoms. The van der Waals surface area contributed by atoms with Gasteiger partial charge < -0.3 is 9.73 Å². The van der Waals surface area contributed by atoms with Crippen molar-refractivity contribution in [3.63, 3.8) is 0 Å². The summed E-state index contributed by atoms with van der Waals surface area (Å²) < 4.78 is 18.4. The van der Waals surface area contributed by atoms with Crippen molar-refractivity contribution >= 4 is 17.7 Å². The molecule has 5 nitrogen and oxygen atoms in total. The van der Waals surface area contributed by atoms with Crippen LogP contribution in [0.2, 0.25) is 0 Å². The Morgan fingerprint density at radius 2 is 2.10 bits per heavy atom. The topological polar surface area (TPSA) is 68.0 Å². The van der Waals surface area contributed by atoms with Gasteiger partial charge in [-0.3, -0.25) is 4.79 Å². The average molecular weight is 307 g/mol. The molecular formula is C14H14FN3O2S. The summed E-state index contributed by atoms with van der Waals surface area (Å²) in [7, 11) is 0. The molecule has 1 amide bonds. The number of hydrogen-bond acceptors (Lipinski definition) is 5. The quantitative estimate of drug-likeness (QED) is 0.860. The van der Waals surface area contributed by atoms with Crippen LogP contribution in [0.5, 0.6) is 0 Å². The van der Waals surface area contributed by atoms with Crippen LogP contribution < -0.4 is 5.32 Å². The van der Waals surface area contributed by atoms with E-state index in [0.717, 1.165) is 12.8 Å². The van der Waals surface area contributed by atoms with Crippen LogP contribution in [-0.2, 0) is 4.79 Å². The van der Waals surface area contributed by atoms with E-state index in [-0.39, 0.29) is 17.0 Å². The number of benzene rings is 1. The molecule has 0 bridgehead atoms. The lowest BCUT2D eigenvalue weighted by Crippen LogP contribution is -2.32. The SMILES string of the molecule is C[C@H](Sc1nnc(-c2ccc(F)cc2)o1)C(=O)NC1CC1. The largest absolute Gasteiger partial charge is 0.411 e. The summed E-state index contributed by atoms with van der Waals surface area (Å²) in [4.78, 5) is 11.8. The van der Waals surface area contributed by atoms with Gasteiger partial charge in [0.15, 0.2) is 0 Å². The Hall–Kier alpha value is -1.89. The van der Waals surface area contributed by atoms with Crippen LogP contribution in [0.1, 0.15) is 19.8 Å². The van der Waals surface area contributed by atoms with E-state index in [0.29, 0.717) is 22.7 Å². The van der Waals surface area contributed by atoms with E-state index in [1.165, 1.54) is 23.9 Å². The standard InChI is InChI=1S/C14H14FN3O2S/c1-8(12(19)16-11-6-7-11)21-14-18-17-13(20-14)9-2-4-10(15)5-3-9/h2-5,8,11H,6-7H2,1H3,(H,16,19)/t8-/m0/s1. The van der Waals surface area contributed by atoms with Gasteiger partial charge in [0.2, 0.25) is 11.8 Å². The summed E-state index contributed by atoms with van der Waals surface area (Å²) in [5, 5.41) is 10.8. The van der Waals surface area contributed by atoms with Gasteiger partial charge in [-0.2, -0.15) is 0 Å². The highest BCUT2D eigenvalue weighted by Crippen LogP contribution is 2.27. The molecule has 1 atom stereocenters.